The van der Waals surface area contributed by atoms with Crippen LogP contribution in [0, 0.1) is 5.41 Å². The van der Waals surface area contributed by atoms with Crippen molar-refractivity contribution < 1.29 is 22.7 Å². The van der Waals surface area contributed by atoms with Gasteiger partial charge in [-0.2, -0.15) is 0 Å². The van der Waals surface area contributed by atoms with Crippen molar-refractivity contribution in [3.8, 4) is 0 Å². The molecule has 116 valence electrons. The number of nitrogens with zero attached hydrogens (tertiary/aromatic N) is 1. The van der Waals surface area contributed by atoms with E-state index in [0.717, 1.165) is 0 Å². The number of methoxy groups -OCH3 is 1. The van der Waals surface area contributed by atoms with E-state index in [0.29, 0.717) is 6.42 Å². The van der Waals surface area contributed by atoms with Gasteiger partial charge < -0.3 is 9.64 Å². The molecule has 0 saturated carbocycles. The molecule has 0 N–H and O–H groups in total. The molecular formula is C13H23NO5S. The first-order valence-corrected chi connectivity index (χ1v) is 8.41. The molecule has 0 radical (unpaired) electrons. The fourth-order valence-corrected chi connectivity index (χ4v) is 4.12. The maximum absolute atomic E-state index is 12.2. The number of carbonyl (C=O) groups is 2. The van der Waals surface area contributed by atoms with Crippen molar-refractivity contribution >= 4 is 21.7 Å². The lowest BCUT2D eigenvalue weighted by Crippen LogP contribution is -2.40. The lowest BCUT2D eigenvalue weighted by Gasteiger charge is -2.29. The molecule has 0 unspecified atom stereocenters. The van der Waals surface area contributed by atoms with E-state index in [1.54, 1.807) is 7.05 Å². The fraction of sp³-hybridized carbons (Fsp3) is 0.846. The molecule has 1 fully saturated rings. The topological polar surface area (TPSA) is 80.8 Å². The number of hydrogen-bond donors (Lipinski definition) is 0. The first kappa shape index (κ1) is 16.9. The monoisotopic (exact) mass is 305 g/mol. The third kappa shape index (κ3) is 4.77. The highest BCUT2D eigenvalue weighted by atomic mass is 32.2. The Labute approximate surface area is 120 Å². The van der Waals surface area contributed by atoms with Crippen LogP contribution in [0.15, 0.2) is 0 Å². The van der Waals surface area contributed by atoms with Crippen LogP contribution in [0.4, 0.5) is 0 Å². The van der Waals surface area contributed by atoms with E-state index in [1.165, 1.54) is 12.0 Å². The van der Waals surface area contributed by atoms with Crippen LogP contribution in [0.25, 0.3) is 0 Å². The zero-order chi connectivity index (χ0) is 15.6. The number of sulfone groups is 1. The van der Waals surface area contributed by atoms with Gasteiger partial charge in [0, 0.05) is 19.5 Å². The minimum absolute atomic E-state index is 0.0344. The molecule has 1 heterocycles. The molecule has 0 aromatic carbocycles. The standard InChI is InChI=1S/C13H23NO5S/c1-13(2,8-12(16)19-4)7-11(15)14(3)10-5-6-20(17,18)9-10/h10H,5-9H2,1-4H3/t10-/m1/s1. The van der Waals surface area contributed by atoms with E-state index in [-0.39, 0.29) is 42.3 Å². The van der Waals surface area contributed by atoms with Gasteiger partial charge >= 0.3 is 5.97 Å². The number of amides is 1. The predicted octanol–water partition coefficient (Wildman–Crippen LogP) is 0.611. The minimum atomic E-state index is -3.01. The molecule has 1 aliphatic heterocycles. The zero-order valence-electron chi connectivity index (χ0n) is 12.5. The van der Waals surface area contributed by atoms with Crippen molar-refractivity contribution in [2.24, 2.45) is 5.41 Å². The molecule has 0 spiro atoms. The molecule has 0 aromatic heterocycles. The molecule has 1 saturated heterocycles. The van der Waals surface area contributed by atoms with E-state index in [4.69, 9.17) is 0 Å². The van der Waals surface area contributed by atoms with Gasteiger partial charge in [-0.15, -0.1) is 0 Å². The second-order valence-electron chi connectivity index (χ2n) is 6.16. The van der Waals surface area contributed by atoms with E-state index in [9.17, 15) is 18.0 Å². The lowest BCUT2D eigenvalue weighted by atomic mass is 9.85. The van der Waals surface area contributed by atoms with Crippen molar-refractivity contribution in [1.82, 2.24) is 4.90 Å². The highest BCUT2D eigenvalue weighted by molar-refractivity contribution is 7.91. The fourth-order valence-electron chi connectivity index (χ4n) is 2.34. The first-order valence-electron chi connectivity index (χ1n) is 6.59. The molecule has 0 aromatic rings. The van der Waals surface area contributed by atoms with Gasteiger partial charge in [-0.05, 0) is 11.8 Å². The maximum Gasteiger partial charge on any atom is 0.306 e. The second kappa shape index (κ2) is 6.11. The zero-order valence-corrected chi connectivity index (χ0v) is 13.3. The summed E-state index contributed by atoms with van der Waals surface area (Å²) in [5.74, 6) is -0.317. The average Bonchev–Trinajstić information content (AvgIpc) is 2.67. The summed E-state index contributed by atoms with van der Waals surface area (Å²) >= 11 is 0. The molecule has 20 heavy (non-hydrogen) atoms. The molecule has 1 aliphatic rings. The summed E-state index contributed by atoms with van der Waals surface area (Å²) in [5, 5.41) is 0. The van der Waals surface area contributed by atoms with Crippen LogP contribution in [-0.2, 0) is 24.2 Å². The first-order chi connectivity index (χ1) is 9.06. The van der Waals surface area contributed by atoms with Gasteiger partial charge in [0.2, 0.25) is 5.91 Å². The van der Waals surface area contributed by atoms with Crippen molar-refractivity contribution in [2.45, 2.75) is 39.2 Å². The SMILES string of the molecule is COC(=O)CC(C)(C)CC(=O)N(C)[C@@H]1CCS(=O)(=O)C1. The summed E-state index contributed by atoms with van der Waals surface area (Å²) < 4.78 is 27.5. The van der Waals surface area contributed by atoms with Gasteiger partial charge in [0.05, 0.1) is 25.0 Å². The van der Waals surface area contributed by atoms with Gasteiger partial charge in [-0.3, -0.25) is 9.59 Å². The van der Waals surface area contributed by atoms with Gasteiger partial charge in [-0.1, -0.05) is 13.8 Å². The lowest BCUT2D eigenvalue weighted by molar-refractivity contribution is -0.144. The second-order valence-corrected chi connectivity index (χ2v) is 8.38. The van der Waals surface area contributed by atoms with Crippen LogP contribution in [0.2, 0.25) is 0 Å². The van der Waals surface area contributed by atoms with E-state index in [1.807, 2.05) is 13.8 Å². The molecule has 1 rings (SSSR count). The van der Waals surface area contributed by atoms with Crippen LogP contribution in [-0.4, -0.2) is 56.9 Å². The van der Waals surface area contributed by atoms with Gasteiger partial charge in [0.25, 0.3) is 0 Å². The maximum atomic E-state index is 12.2. The van der Waals surface area contributed by atoms with Gasteiger partial charge in [0.15, 0.2) is 9.84 Å². The van der Waals surface area contributed by atoms with Crippen molar-refractivity contribution in [3.63, 3.8) is 0 Å². The van der Waals surface area contributed by atoms with Crippen molar-refractivity contribution in [2.75, 3.05) is 25.7 Å². The average molecular weight is 305 g/mol. The van der Waals surface area contributed by atoms with Crippen LogP contribution in [0.5, 0.6) is 0 Å². The molecule has 1 amide bonds. The molecular weight excluding hydrogens is 282 g/mol. The Morgan fingerprint density at radius 1 is 1.30 bits per heavy atom. The van der Waals surface area contributed by atoms with E-state index >= 15 is 0 Å². The molecule has 7 heteroatoms. The van der Waals surface area contributed by atoms with Crippen LogP contribution >= 0.6 is 0 Å². The highest BCUT2D eigenvalue weighted by Gasteiger charge is 2.35. The summed E-state index contributed by atoms with van der Waals surface area (Å²) in [6.45, 7) is 3.64. The summed E-state index contributed by atoms with van der Waals surface area (Å²) in [5.41, 5.74) is -0.504. The number of hydrogen-bond acceptors (Lipinski definition) is 5. The molecule has 6 nitrogen and oxygen atoms in total. The number of carbonyl (C=O) groups excluding carboxylic acids is 2. The third-order valence-corrected chi connectivity index (χ3v) is 5.38. The summed E-state index contributed by atoms with van der Waals surface area (Å²) in [4.78, 5) is 25.0. The number of rotatable bonds is 5. The van der Waals surface area contributed by atoms with Crippen LogP contribution in [0.1, 0.15) is 33.1 Å². The summed E-state index contributed by atoms with van der Waals surface area (Å²) in [6, 6.07) is -0.249. The Morgan fingerprint density at radius 3 is 2.35 bits per heavy atom. The van der Waals surface area contributed by atoms with E-state index < -0.39 is 15.3 Å². The molecule has 0 bridgehead atoms. The largest absolute Gasteiger partial charge is 0.469 e. The Balaban J connectivity index is 2.60. The predicted molar refractivity (Wildman–Crippen MR) is 74.9 cm³/mol. The molecule has 0 aliphatic carbocycles. The number of ether oxygens (including phenoxy) is 1. The summed E-state index contributed by atoms with van der Waals surface area (Å²) in [7, 11) is -0.0664. The Hall–Kier alpha value is -1.11. The van der Waals surface area contributed by atoms with Crippen molar-refractivity contribution in [1.29, 1.82) is 0 Å². The smallest absolute Gasteiger partial charge is 0.306 e. The molecule has 1 atom stereocenters. The quantitative estimate of drug-likeness (QED) is 0.695. The normalized spacial score (nSPS) is 21.5. The van der Waals surface area contributed by atoms with Crippen molar-refractivity contribution in [3.05, 3.63) is 0 Å². The number of esters is 1. The van der Waals surface area contributed by atoms with Crippen LogP contribution < -0.4 is 0 Å². The Bertz CT molecular complexity index is 483. The minimum Gasteiger partial charge on any atom is -0.469 e. The van der Waals surface area contributed by atoms with Gasteiger partial charge in [0.1, 0.15) is 0 Å². The summed E-state index contributed by atoms with van der Waals surface area (Å²) in [6.07, 6.45) is 0.837. The Morgan fingerprint density at radius 2 is 1.90 bits per heavy atom. The van der Waals surface area contributed by atoms with E-state index in [2.05, 4.69) is 4.74 Å². The van der Waals surface area contributed by atoms with Crippen LogP contribution in [0.3, 0.4) is 0 Å². The highest BCUT2D eigenvalue weighted by Crippen LogP contribution is 2.27. The Kier molecular flexibility index (Phi) is 5.18. The third-order valence-electron chi connectivity index (χ3n) is 3.63. The van der Waals surface area contributed by atoms with Gasteiger partial charge in [-0.25, -0.2) is 8.42 Å².